The van der Waals surface area contributed by atoms with Crippen molar-refractivity contribution >= 4 is 21.6 Å². The molecule has 1 fully saturated rings. The maximum atomic E-state index is 12.9. The van der Waals surface area contributed by atoms with E-state index < -0.39 is 10.0 Å². The van der Waals surface area contributed by atoms with Crippen molar-refractivity contribution in [2.75, 3.05) is 20.3 Å². The zero-order valence-electron chi connectivity index (χ0n) is 14.8. The van der Waals surface area contributed by atoms with E-state index in [1.54, 1.807) is 35.7 Å². The third-order valence-corrected chi connectivity index (χ3v) is 6.66. The third-order valence-electron chi connectivity index (χ3n) is 4.48. The molecule has 2 atom stereocenters. The smallest absolute Gasteiger partial charge is 0.218 e. The fourth-order valence-electron chi connectivity index (χ4n) is 3.02. The monoisotopic (exact) mass is 395 g/mol. The topological polar surface area (TPSA) is 55.8 Å². The predicted octanol–water partition coefficient (Wildman–Crippen LogP) is 3.64. The van der Waals surface area contributed by atoms with Crippen LogP contribution >= 0.6 is 11.6 Å². The fraction of sp³-hybridized carbons (Fsp3) is 0.368. The largest absolute Gasteiger partial charge is 0.497 e. The Labute approximate surface area is 159 Å². The number of morpholine rings is 1. The van der Waals surface area contributed by atoms with Crippen molar-refractivity contribution in [3.05, 3.63) is 64.7 Å². The molecular weight excluding hydrogens is 374 g/mol. The van der Waals surface area contributed by atoms with E-state index in [2.05, 4.69) is 0 Å². The number of hydrogen-bond donors (Lipinski definition) is 0. The van der Waals surface area contributed by atoms with Crippen molar-refractivity contribution in [1.29, 1.82) is 0 Å². The zero-order valence-corrected chi connectivity index (χ0v) is 16.3. The van der Waals surface area contributed by atoms with Gasteiger partial charge in [0.25, 0.3) is 0 Å². The number of ether oxygens (including phenoxy) is 2. The molecule has 0 aromatic heterocycles. The fourth-order valence-corrected chi connectivity index (χ4v) is 4.89. The molecule has 26 heavy (non-hydrogen) atoms. The average Bonchev–Trinajstić information content (AvgIpc) is 2.64. The van der Waals surface area contributed by atoms with Crippen molar-refractivity contribution in [2.24, 2.45) is 0 Å². The Bertz CT molecular complexity index is 837. The summed E-state index contributed by atoms with van der Waals surface area (Å²) in [7, 11) is -1.86. The summed E-state index contributed by atoms with van der Waals surface area (Å²) in [6.45, 7) is 2.52. The second kappa shape index (κ2) is 7.96. The lowest BCUT2D eigenvalue weighted by molar-refractivity contribution is -0.0289. The van der Waals surface area contributed by atoms with Crippen LogP contribution in [0.3, 0.4) is 0 Å². The first-order valence-corrected chi connectivity index (χ1v) is 10.4. The molecule has 0 radical (unpaired) electrons. The van der Waals surface area contributed by atoms with Crippen molar-refractivity contribution in [2.45, 2.75) is 24.8 Å². The number of methoxy groups -OCH3 is 1. The number of sulfonamides is 1. The van der Waals surface area contributed by atoms with Crippen LogP contribution in [0.5, 0.6) is 5.75 Å². The molecule has 7 heteroatoms. The van der Waals surface area contributed by atoms with Crippen LogP contribution in [-0.2, 0) is 20.5 Å². The van der Waals surface area contributed by atoms with Crippen molar-refractivity contribution in [1.82, 2.24) is 4.31 Å². The van der Waals surface area contributed by atoms with Crippen molar-refractivity contribution < 1.29 is 17.9 Å². The van der Waals surface area contributed by atoms with Gasteiger partial charge in [0.1, 0.15) is 5.75 Å². The summed E-state index contributed by atoms with van der Waals surface area (Å²) in [4.78, 5) is 0. The van der Waals surface area contributed by atoms with E-state index in [-0.39, 0.29) is 17.9 Å². The van der Waals surface area contributed by atoms with E-state index in [1.165, 1.54) is 0 Å². The minimum Gasteiger partial charge on any atom is -0.497 e. The average molecular weight is 396 g/mol. The Morgan fingerprint density at radius 1 is 1.15 bits per heavy atom. The SMILES string of the molecule is COc1ccc(C2CN(S(=O)(=O)Cc3ccc(Cl)cc3)C(C)CO2)cc1. The van der Waals surface area contributed by atoms with Crippen LogP contribution in [0.1, 0.15) is 24.2 Å². The first kappa shape index (κ1) is 19.2. The van der Waals surface area contributed by atoms with E-state index in [1.807, 2.05) is 31.2 Å². The van der Waals surface area contributed by atoms with E-state index >= 15 is 0 Å². The summed E-state index contributed by atoms with van der Waals surface area (Å²) in [5.41, 5.74) is 1.65. The maximum Gasteiger partial charge on any atom is 0.218 e. The van der Waals surface area contributed by atoms with Gasteiger partial charge in [-0.05, 0) is 42.3 Å². The minimum absolute atomic E-state index is 0.0517. The molecule has 0 amide bonds. The van der Waals surface area contributed by atoms with Crippen LogP contribution in [0, 0.1) is 0 Å². The molecule has 2 aromatic rings. The molecule has 1 aliphatic rings. The number of halogens is 1. The number of nitrogens with zero attached hydrogens (tertiary/aromatic N) is 1. The van der Waals surface area contributed by atoms with E-state index in [9.17, 15) is 8.42 Å². The molecule has 0 bridgehead atoms. The Morgan fingerprint density at radius 3 is 2.42 bits per heavy atom. The van der Waals surface area contributed by atoms with Crippen LogP contribution in [0.2, 0.25) is 5.02 Å². The van der Waals surface area contributed by atoms with Gasteiger partial charge in [0.15, 0.2) is 0 Å². The van der Waals surface area contributed by atoms with Gasteiger partial charge in [-0.1, -0.05) is 35.9 Å². The molecule has 0 N–H and O–H groups in total. The van der Waals surface area contributed by atoms with Crippen LogP contribution in [-0.4, -0.2) is 39.0 Å². The lowest BCUT2D eigenvalue weighted by Crippen LogP contribution is -2.48. The van der Waals surface area contributed by atoms with Crippen molar-refractivity contribution in [3.8, 4) is 5.75 Å². The third kappa shape index (κ3) is 4.38. The quantitative estimate of drug-likeness (QED) is 0.775. The maximum absolute atomic E-state index is 12.9. The Morgan fingerprint density at radius 2 is 1.81 bits per heavy atom. The van der Waals surface area contributed by atoms with Crippen molar-refractivity contribution in [3.63, 3.8) is 0 Å². The van der Waals surface area contributed by atoms with Gasteiger partial charge < -0.3 is 9.47 Å². The van der Waals surface area contributed by atoms with Crippen LogP contribution in [0.4, 0.5) is 0 Å². The Balaban J connectivity index is 1.77. The zero-order chi connectivity index (χ0) is 18.7. The minimum atomic E-state index is -3.47. The summed E-state index contributed by atoms with van der Waals surface area (Å²) in [5.74, 6) is 0.703. The van der Waals surface area contributed by atoms with Gasteiger partial charge in [-0.25, -0.2) is 8.42 Å². The number of rotatable bonds is 5. The molecule has 0 spiro atoms. The highest BCUT2D eigenvalue weighted by Gasteiger charge is 2.35. The highest BCUT2D eigenvalue weighted by molar-refractivity contribution is 7.88. The summed E-state index contributed by atoms with van der Waals surface area (Å²) >= 11 is 5.88. The Kier molecular flexibility index (Phi) is 5.87. The first-order valence-electron chi connectivity index (χ1n) is 8.38. The highest BCUT2D eigenvalue weighted by atomic mass is 35.5. The lowest BCUT2D eigenvalue weighted by Gasteiger charge is -2.37. The molecule has 1 heterocycles. The van der Waals surface area contributed by atoms with Gasteiger partial charge in [-0.3, -0.25) is 0 Å². The molecule has 3 rings (SSSR count). The van der Waals surface area contributed by atoms with Gasteiger partial charge in [0.05, 0.1) is 25.6 Å². The molecule has 2 unspecified atom stereocenters. The van der Waals surface area contributed by atoms with Gasteiger partial charge in [-0.2, -0.15) is 4.31 Å². The standard InChI is InChI=1S/C19H22ClNO4S/c1-14-12-25-19(16-5-9-18(24-2)10-6-16)11-21(14)26(22,23)13-15-3-7-17(20)8-4-15/h3-10,14,19H,11-13H2,1-2H3. The molecule has 5 nitrogen and oxygen atoms in total. The second-order valence-electron chi connectivity index (χ2n) is 6.40. The van der Waals surface area contributed by atoms with E-state index in [0.29, 0.717) is 23.7 Å². The molecule has 0 aliphatic carbocycles. The molecular formula is C19H22ClNO4S. The molecule has 1 saturated heterocycles. The van der Waals surface area contributed by atoms with E-state index in [0.717, 1.165) is 11.3 Å². The summed E-state index contributed by atoms with van der Waals surface area (Å²) in [6.07, 6.45) is -0.294. The van der Waals surface area contributed by atoms with Crippen LogP contribution < -0.4 is 4.74 Å². The second-order valence-corrected chi connectivity index (χ2v) is 8.75. The molecule has 1 aliphatic heterocycles. The Hall–Kier alpha value is -1.60. The normalized spacial score (nSPS) is 21.5. The van der Waals surface area contributed by atoms with Gasteiger partial charge in [0.2, 0.25) is 10.0 Å². The predicted molar refractivity (Wildman–Crippen MR) is 102 cm³/mol. The van der Waals surface area contributed by atoms with Crippen LogP contribution in [0.25, 0.3) is 0 Å². The van der Waals surface area contributed by atoms with Gasteiger partial charge in [-0.15, -0.1) is 0 Å². The number of hydrogen-bond acceptors (Lipinski definition) is 4. The first-order chi connectivity index (χ1) is 12.4. The van der Waals surface area contributed by atoms with Crippen LogP contribution in [0.15, 0.2) is 48.5 Å². The van der Waals surface area contributed by atoms with Gasteiger partial charge in [0, 0.05) is 17.6 Å². The van der Waals surface area contributed by atoms with Gasteiger partial charge >= 0.3 is 0 Å². The summed E-state index contributed by atoms with van der Waals surface area (Å²) in [5, 5.41) is 0.588. The highest BCUT2D eigenvalue weighted by Crippen LogP contribution is 2.29. The number of benzene rings is 2. The summed E-state index contributed by atoms with van der Waals surface area (Å²) in [6, 6.07) is 14.2. The molecule has 140 valence electrons. The van der Waals surface area contributed by atoms with E-state index in [4.69, 9.17) is 21.1 Å². The molecule has 2 aromatic carbocycles. The molecule has 0 saturated carbocycles. The lowest BCUT2D eigenvalue weighted by atomic mass is 10.1. The summed E-state index contributed by atoms with van der Waals surface area (Å²) < 4.78 is 38.5.